The Morgan fingerprint density at radius 1 is 1.12 bits per heavy atom. The molecule has 2 aliphatic rings. The number of piperidine rings is 1. The first-order valence-electron chi connectivity index (χ1n) is 10.8. The molecule has 2 saturated heterocycles. The van der Waals surface area contributed by atoms with Crippen LogP contribution in [0.15, 0.2) is 47.5 Å². The fourth-order valence-corrected chi connectivity index (χ4v) is 4.74. The maximum absolute atomic E-state index is 13.2. The van der Waals surface area contributed by atoms with Crippen molar-refractivity contribution in [2.75, 3.05) is 18.0 Å². The number of amides is 4. The third-order valence-corrected chi connectivity index (χ3v) is 6.57. The summed E-state index contributed by atoms with van der Waals surface area (Å²) in [6, 6.07) is 7.69. The summed E-state index contributed by atoms with van der Waals surface area (Å²) in [5.41, 5.74) is -4.60. The van der Waals surface area contributed by atoms with Crippen LogP contribution in [0.1, 0.15) is 42.2 Å². The van der Waals surface area contributed by atoms with Gasteiger partial charge in [-0.1, -0.05) is 0 Å². The van der Waals surface area contributed by atoms with E-state index in [1.54, 1.807) is 24.0 Å². The molecule has 1 aromatic heterocycles. The molecular weight excluding hydrogens is 469 g/mol. The highest BCUT2D eigenvalue weighted by Crippen LogP contribution is 2.38. The standard InChI is InChI=1S/C23H23F3N4O3S/c1-22(14-15-9-10-27-18(13-15)19(31)29-11-3-2-4-12-29)20(32)30(21(33)28-22)16-5-7-17(8-6-16)34-23(24,25)26/h5-10,13H,2-4,11-12,14H2,1H3,(H,28,33). The zero-order valence-corrected chi connectivity index (χ0v) is 19.2. The van der Waals surface area contributed by atoms with Crippen molar-refractivity contribution < 1.29 is 27.6 Å². The zero-order valence-electron chi connectivity index (χ0n) is 18.4. The molecule has 0 aliphatic carbocycles. The highest BCUT2D eigenvalue weighted by molar-refractivity contribution is 8.00. The number of likely N-dealkylation sites (tertiary alicyclic amines) is 1. The Morgan fingerprint density at radius 2 is 1.79 bits per heavy atom. The van der Waals surface area contributed by atoms with E-state index >= 15 is 0 Å². The van der Waals surface area contributed by atoms with E-state index in [1.807, 2.05) is 0 Å². The van der Waals surface area contributed by atoms with Crippen molar-refractivity contribution in [1.82, 2.24) is 15.2 Å². The van der Waals surface area contributed by atoms with E-state index in [1.165, 1.54) is 30.5 Å². The number of thioether (sulfide) groups is 1. The van der Waals surface area contributed by atoms with Gasteiger partial charge in [0.1, 0.15) is 11.2 Å². The number of carbonyl (C=O) groups is 3. The van der Waals surface area contributed by atoms with Crippen LogP contribution in [0.25, 0.3) is 0 Å². The van der Waals surface area contributed by atoms with Gasteiger partial charge in [0.2, 0.25) is 0 Å². The molecule has 4 amide bonds. The van der Waals surface area contributed by atoms with Crippen LogP contribution in [0.4, 0.5) is 23.7 Å². The first-order chi connectivity index (χ1) is 16.1. The molecule has 34 heavy (non-hydrogen) atoms. The molecule has 1 aromatic carbocycles. The molecule has 0 radical (unpaired) electrons. The van der Waals surface area contributed by atoms with E-state index in [4.69, 9.17) is 0 Å². The number of hydrogen-bond donors (Lipinski definition) is 1. The average molecular weight is 493 g/mol. The summed E-state index contributed by atoms with van der Waals surface area (Å²) in [4.78, 5) is 45.4. The smallest absolute Gasteiger partial charge is 0.337 e. The first kappa shape index (κ1) is 24.1. The first-order valence-corrected chi connectivity index (χ1v) is 11.6. The molecule has 2 aliphatic heterocycles. The van der Waals surface area contributed by atoms with Crippen LogP contribution in [-0.4, -0.2) is 51.9 Å². The largest absolute Gasteiger partial charge is 0.446 e. The van der Waals surface area contributed by atoms with Gasteiger partial charge in [-0.25, -0.2) is 9.69 Å². The molecule has 0 saturated carbocycles. The monoisotopic (exact) mass is 492 g/mol. The number of alkyl halides is 3. The molecular formula is C23H23F3N4O3S. The Labute approximate surface area is 198 Å². The number of imide groups is 1. The second kappa shape index (κ2) is 9.28. The van der Waals surface area contributed by atoms with Crippen molar-refractivity contribution in [1.29, 1.82) is 0 Å². The van der Waals surface area contributed by atoms with Gasteiger partial charge in [0.25, 0.3) is 11.8 Å². The minimum atomic E-state index is -4.43. The number of pyridine rings is 1. The minimum Gasteiger partial charge on any atom is -0.337 e. The van der Waals surface area contributed by atoms with E-state index in [2.05, 4.69) is 10.3 Å². The van der Waals surface area contributed by atoms with Crippen LogP contribution in [0.5, 0.6) is 0 Å². The number of urea groups is 1. The number of carbonyl (C=O) groups excluding carboxylic acids is 3. The van der Waals surface area contributed by atoms with Crippen molar-refractivity contribution in [3.63, 3.8) is 0 Å². The normalized spacial score (nSPS) is 21.1. The molecule has 1 atom stereocenters. The van der Waals surface area contributed by atoms with Crippen LogP contribution in [0, 0.1) is 0 Å². The van der Waals surface area contributed by atoms with Gasteiger partial charge < -0.3 is 10.2 Å². The van der Waals surface area contributed by atoms with Crippen molar-refractivity contribution in [3.8, 4) is 0 Å². The maximum Gasteiger partial charge on any atom is 0.446 e. The lowest BCUT2D eigenvalue weighted by Crippen LogP contribution is -2.46. The Hall–Kier alpha value is -3.08. The number of halogens is 3. The van der Waals surface area contributed by atoms with Gasteiger partial charge in [-0.3, -0.25) is 14.6 Å². The van der Waals surface area contributed by atoms with E-state index in [0.717, 1.165) is 24.2 Å². The third-order valence-electron chi connectivity index (χ3n) is 5.83. The summed E-state index contributed by atoms with van der Waals surface area (Å²) in [6.45, 7) is 2.95. The zero-order chi connectivity index (χ0) is 24.5. The van der Waals surface area contributed by atoms with E-state index in [0.29, 0.717) is 18.7 Å². The molecule has 2 aromatic rings. The summed E-state index contributed by atoms with van der Waals surface area (Å²) >= 11 is -0.272. The predicted molar refractivity (Wildman–Crippen MR) is 120 cm³/mol. The van der Waals surface area contributed by atoms with Gasteiger partial charge >= 0.3 is 11.5 Å². The molecule has 7 nitrogen and oxygen atoms in total. The number of benzene rings is 1. The summed E-state index contributed by atoms with van der Waals surface area (Å²) in [6.07, 6.45) is 4.63. The van der Waals surface area contributed by atoms with Crippen LogP contribution in [0.2, 0.25) is 0 Å². The van der Waals surface area contributed by atoms with Crippen molar-refractivity contribution >= 4 is 35.3 Å². The molecule has 2 fully saturated rings. The SMILES string of the molecule is CC1(Cc2ccnc(C(=O)N3CCCCC3)c2)NC(=O)N(c2ccc(SC(F)(F)F)cc2)C1=O. The van der Waals surface area contributed by atoms with E-state index in [-0.39, 0.29) is 40.4 Å². The van der Waals surface area contributed by atoms with E-state index < -0.39 is 23.0 Å². The summed E-state index contributed by atoms with van der Waals surface area (Å²) < 4.78 is 37.7. The maximum atomic E-state index is 13.2. The molecule has 3 heterocycles. The molecule has 11 heteroatoms. The minimum absolute atomic E-state index is 0.0475. The highest BCUT2D eigenvalue weighted by atomic mass is 32.2. The lowest BCUT2D eigenvalue weighted by molar-refractivity contribution is -0.121. The van der Waals surface area contributed by atoms with Gasteiger partial charge in [-0.05, 0) is 79.9 Å². The second-order valence-electron chi connectivity index (χ2n) is 8.52. The van der Waals surface area contributed by atoms with Crippen LogP contribution >= 0.6 is 11.8 Å². The fraction of sp³-hybridized carbons (Fsp3) is 0.391. The predicted octanol–water partition coefficient (Wildman–Crippen LogP) is 4.38. The lowest BCUT2D eigenvalue weighted by atomic mass is 9.92. The van der Waals surface area contributed by atoms with Gasteiger partial charge in [0, 0.05) is 30.6 Å². The number of aromatic nitrogens is 1. The second-order valence-corrected chi connectivity index (χ2v) is 9.66. The average Bonchev–Trinajstić information content (AvgIpc) is 3.01. The van der Waals surface area contributed by atoms with Gasteiger partial charge in [0.05, 0.1) is 5.69 Å². The Kier molecular flexibility index (Phi) is 6.57. The van der Waals surface area contributed by atoms with Gasteiger partial charge in [-0.15, -0.1) is 0 Å². The van der Waals surface area contributed by atoms with Gasteiger partial charge in [-0.2, -0.15) is 13.2 Å². The molecule has 180 valence electrons. The Balaban J connectivity index is 1.50. The topological polar surface area (TPSA) is 82.6 Å². The number of anilines is 1. The summed E-state index contributed by atoms with van der Waals surface area (Å²) in [5.74, 6) is -0.693. The lowest BCUT2D eigenvalue weighted by Gasteiger charge is -2.26. The van der Waals surface area contributed by atoms with Crippen LogP contribution in [-0.2, 0) is 11.2 Å². The van der Waals surface area contributed by atoms with Crippen LogP contribution in [0.3, 0.4) is 0 Å². The van der Waals surface area contributed by atoms with Crippen molar-refractivity contribution in [2.45, 2.75) is 48.5 Å². The molecule has 1 N–H and O–H groups in total. The highest BCUT2D eigenvalue weighted by Gasteiger charge is 2.48. The Morgan fingerprint density at radius 3 is 2.44 bits per heavy atom. The molecule has 0 spiro atoms. The fourth-order valence-electron chi connectivity index (χ4n) is 4.20. The summed E-state index contributed by atoms with van der Waals surface area (Å²) in [5, 5.41) is 2.68. The quantitative estimate of drug-likeness (QED) is 0.495. The van der Waals surface area contributed by atoms with Gasteiger partial charge in [0.15, 0.2) is 0 Å². The molecule has 4 rings (SSSR count). The Bertz CT molecular complexity index is 1100. The van der Waals surface area contributed by atoms with Crippen molar-refractivity contribution in [3.05, 3.63) is 53.9 Å². The molecule has 0 bridgehead atoms. The number of nitrogens with one attached hydrogen (secondary N) is 1. The number of rotatable bonds is 5. The molecule has 1 unspecified atom stereocenters. The van der Waals surface area contributed by atoms with Crippen LogP contribution < -0.4 is 10.2 Å². The summed E-state index contributed by atoms with van der Waals surface area (Å²) in [7, 11) is 0. The number of nitrogens with zero attached hydrogens (tertiary/aromatic N) is 3. The third kappa shape index (κ3) is 5.19. The van der Waals surface area contributed by atoms with E-state index in [9.17, 15) is 27.6 Å². The number of hydrogen-bond acceptors (Lipinski definition) is 5. The van der Waals surface area contributed by atoms with Crippen molar-refractivity contribution in [2.24, 2.45) is 0 Å².